The second-order valence-corrected chi connectivity index (χ2v) is 5.97. The lowest BCUT2D eigenvalue weighted by atomic mass is 9.86. The van der Waals surface area contributed by atoms with E-state index >= 15 is 0 Å². The summed E-state index contributed by atoms with van der Waals surface area (Å²) in [6.45, 7) is 12.6. The van der Waals surface area contributed by atoms with Crippen LogP contribution in [-0.4, -0.2) is 54.1 Å². The lowest BCUT2D eigenvalue weighted by Gasteiger charge is -2.48. The van der Waals surface area contributed by atoms with Gasteiger partial charge in [0.15, 0.2) is 0 Å². The maximum absolute atomic E-state index is 5.99. The Kier molecular flexibility index (Phi) is 3.57. The van der Waals surface area contributed by atoms with Crippen LogP contribution in [0.5, 0.6) is 0 Å². The first-order valence-electron chi connectivity index (χ1n) is 6.77. The molecule has 0 radical (unpaired) electrons. The van der Waals surface area contributed by atoms with Gasteiger partial charge in [0.1, 0.15) is 0 Å². The zero-order valence-electron chi connectivity index (χ0n) is 11.1. The molecule has 2 rings (SSSR count). The standard InChI is InChI=1S/C13H27N3/c1-11(2)13(3,10-14)16-8-6-15(7-9-16)12-4-5-12/h11-12H,4-10,14H2,1-3H3. The normalized spacial score (nSPS) is 28.3. The van der Waals surface area contributed by atoms with Crippen molar-refractivity contribution in [3.63, 3.8) is 0 Å². The Morgan fingerprint density at radius 1 is 1.19 bits per heavy atom. The third-order valence-corrected chi connectivity index (χ3v) is 4.76. The van der Waals surface area contributed by atoms with Crippen LogP contribution < -0.4 is 5.73 Å². The zero-order chi connectivity index (χ0) is 11.8. The number of hydrogen-bond acceptors (Lipinski definition) is 3. The molecule has 0 amide bonds. The van der Waals surface area contributed by atoms with Crippen LogP contribution in [-0.2, 0) is 0 Å². The third kappa shape index (κ3) is 2.27. The van der Waals surface area contributed by atoms with Gasteiger partial charge < -0.3 is 5.73 Å². The van der Waals surface area contributed by atoms with Crippen LogP contribution >= 0.6 is 0 Å². The quantitative estimate of drug-likeness (QED) is 0.779. The minimum Gasteiger partial charge on any atom is -0.329 e. The molecular formula is C13H27N3. The van der Waals surface area contributed by atoms with Gasteiger partial charge in [0.05, 0.1) is 0 Å². The summed E-state index contributed by atoms with van der Waals surface area (Å²) in [5.41, 5.74) is 6.18. The van der Waals surface area contributed by atoms with Crippen LogP contribution in [0.4, 0.5) is 0 Å². The molecule has 0 spiro atoms. The summed E-state index contributed by atoms with van der Waals surface area (Å²) in [6.07, 6.45) is 2.86. The number of piperazine rings is 1. The van der Waals surface area contributed by atoms with E-state index in [9.17, 15) is 0 Å². The second kappa shape index (κ2) is 4.63. The van der Waals surface area contributed by atoms with Gasteiger partial charge in [-0.3, -0.25) is 9.80 Å². The molecule has 94 valence electrons. The van der Waals surface area contributed by atoms with Crippen molar-refractivity contribution in [3.05, 3.63) is 0 Å². The van der Waals surface area contributed by atoms with E-state index in [1.165, 1.54) is 39.0 Å². The Balaban J connectivity index is 1.91. The Hall–Kier alpha value is -0.120. The van der Waals surface area contributed by atoms with E-state index in [2.05, 4.69) is 30.6 Å². The SMILES string of the molecule is CC(C)C(C)(CN)N1CCN(C2CC2)CC1. The first kappa shape index (κ1) is 12.3. The van der Waals surface area contributed by atoms with Gasteiger partial charge in [0.2, 0.25) is 0 Å². The number of hydrogen-bond donors (Lipinski definition) is 1. The van der Waals surface area contributed by atoms with Crippen LogP contribution in [0.25, 0.3) is 0 Å². The van der Waals surface area contributed by atoms with Crippen molar-refractivity contribution in [2.75, 3.05) is 32.7 Å². The molecule has 0 aromatic carbocycles. The fourth-order valence-corrected chi connectivity index (χ4v) is 2.77. The highest BCUT2D eigenvalue weighted by molar-refractivity contribution is 4.95. The van der Waals surface area contributed by atoms with Gasteiger partial charge in [-0.05, 0) is 25.7 Å². The molecule has 16 heavy (non-hydrogen) atoms. The van der Waals surface area contributed by atoms with Gasteiger partial charge in [-0.1, -0.05) is 13.8 Å². The molecule has 0 aromatic rings. The molecule has 1 aliphatic heterocycles. The van der Waals surface area contributed by atoms with E-state index < -0.39 is 0 Å². The average molecular weight is 225 g/mol. The summed E-state index contributed by atoms with van der Waals surface area (Å²) in [7, 11) is 0. The summed E-state index contributed by atoms with van der Waals surface area (Å²) in [6, 6.07) is 0.922. The van der Waals surface area contributed by atoms with Gasteiger partial charge in [-0.25, -0.2) is 0 Å². The van der Waals surface area contributed by atoms with Crippen LogP contribution in [0.1, 0.15) is 33.6 Å². The highest BCUT2D eigenvalue weighted by atomic mass is 15.3. The van der Waals surface area contributed by atoms with E-state index in [-0.39, 0.29) is 5.54 Å². The van der Waals surface area contributed by atoms with E-state index in [0.29, 0.717) is 5.92 Å². The van der Waals surface area contributed by atoms with Crippen molar-refractivity contribution >= 4 is 0 Å². The number of nitrogens with two attached hydrogens (primary N) is 1. The predicted molar refractivity (Wildman–Crippen MR) is 68.5 cm³/mol. The van der Waals surface area contributed by atoms with Crippen molar-refractivity contribution in [2.24, 2.45) is 11.7 Å². The van der Waals surface area contributed by atoms with Gasteiger partial charge in [0.25, 0.3) is 0 Å². The van der Waals surface area contributed by atoms with Crippen molar-refractivity contribution in [1.29, 1.82) is 0 Å². The summed E-state index contributed by atoms with van der Waals surface area (Å²) < 4.78 is 0. The minimum absolute atomic E-state index is 0.190. The largest absolute Gasteiger partial charge is 0.329 e. The predicted octanol–water partition coefficient (Wildman–Crippen LogP) is 1.14. The van der Waals surface area contributed by atoms with E-state index in [4.69, 9.17) is 5.73 Å². The molecule has 2 fully saturated rings. The summed E-state index contributed by atoms with van der Waals surface area (Å²) >= 11 is 0. The molecule has 1 heterocycles. The van der Waals surface area contributed by atoms with Crippen LogP contribution in [0.3, 0.4) is 0 Å². The minimum atomic E-state index is 0.190. The zero-order valence-corrected chi connectivity index (χ0v) is 11.1. The van der Waals surface area contributed by atoms with Crippen molar-refractivity contribution in [1.82, 2.24) is 9.80 Å². The highest BCUT2D eigenvalue weighted by Gasteiger charge is 2.38. The lowest BCUT2D eigenvalue weighted by molar-refractivity contribution is 0.0170. The first-order chi connectivity index (χ1) is 7.58. The van der Waals surface area contributed by atoms with Gasteiger partial charge >= 0.3 is 0 Å². The number of rotatable bonds is 4. The molecule has 1 saturated heterocycles. The van der Waals surface area contributed by atoms with E-state index in [1.54, 1.807) is 0 Å². The maximum Gasteiger partial charge on any atom is 0.0327 e. The molecule has 2 N–H and O–H groups in total. The van der Waals surface area contributed by atoms with E-state index in [1.807, 2.05) is 0 Å². The fourth-order valence-electron chi connectivity index (χ4n) is 2.77. The van der Waals surface area contributed by atoms with Crippen molar-refractivity contribution < 1.29 is 0 Å². The smallest absolute Gasteiger partial charge is 0.0327 e. The van der Waals surface area contributed by atoms with Gasteiger partial charge in [-0.2, -0.15) is 0 Å². The Morgan fingerprint density at radius 3 is 2.12 bits per heavy atom. The Bertz CT molecular complexity index is 229. The van der Waals surface area contributed by atoms with Crippen LogP contribution in [0, 0.1) is 5.92 Å². The molecule has 2 aliphatic rings. The summed E-state index contributed by atoms with van der Waals surface area (Å²) in [5.74, 6) is 0.630. The van der Waals surface area contributed by atoms with Crippen LogP contribution in [0.2, 0.25) is 0 Å². The highest BCUT2D eigenvalue weighted by Crippen LogP contribution is 2.30. The van der Waals surface area contributed by atoms with Gasteiger partial charge in [0, 0.05) is 44.3 Å². The topological polar surface area (TPSA) is 32.5 Å². The summed E-state index contributed by atoms with van der Waals surface area (Å²) in [4.78, 5) is 5.27. The molecule has 0 bridgehead atoms. The molecule has 0 aromatic heterocycles. The van der Waals surface area contributed by atoms with Crippen molar-refractivity contribution in [3.8, 4) is 0 Å². The second-order valence-electron chi connectivity index (χ2n) is 5.97. The van der Waals surface area contributed by atoms with Crippen molar-refractivity contribution in [2.45, 2.75) is 45.2 Å². The third-order valence-electron chi connectivity index (χ3n) is 4.76. The molecule has 1 unspecified atom stereocenters. The fraction of sp³-hybridized carbons (Fsp3) is 1.00. The monoisotopic (exact) mass is 225 g/mol. The Labute approximate surface area is 100.0 Å². The molecule has 1 saturated carbocycles. The lowest BCUT2D eigenvalue weighted by Crippen LogP contribution is -2.61. The maximum atomic E-state index is 5.99. The van der Waals surface area contributed by atoms with E-state index in [0.717, 1.165) is 12.6 Å². The molecule has 1 aliphatic carbocycles. The Morgan fingerprint density at radius 2 is 1.75 bits per heavy atom. The van der Waals surface area contributed by atoms with Crippen LogP contribution in [0.15, 0.2) is 0 Å². The summed E-state index contributed by atoms with van der Waals surface area (Å²) in [5, 5.41) is 0. The molecule has 1 atom stereocenters. The number of nitrogens with zero attached hydrogens (tertiary/aromatic N) is 2. The molecule has 3 heteroatoms. The molecule has 3 nitrogen and oxygen atoms in total. The van der Waals surface area contributed by atoms with Gasteiger partial charge in [-0.15, -0.1) is 0 Å². The molecular weight excluding hydrogens is 198 g/mol. The first-order valence-corrected chi connectivity index (χ1v) is 6.77. The average Bonchev–Trinajstić information content (AvgIpc) is 3.12.